The van der Waals surface area contributed by atoms with Crippen LogP contribution >= 0.6 is 11.3 Å². The molecule has 1 aromatic rings. The fraction of sp³-hybridized carbons (Fsp3) is 0.600. The number of anilines is 2. The molecule has 2 fully saturated rings. The second kappa shape index (κ2) is 5.02. The largest absolute Gasteiger partial charge is 0.397 e. The number of nitrogens with one attached hydrogen (secondary N) is 1. The summed E-state index contributed by atoms with van der Waals surface area (Å²) in [5, 5.41) is 4.00. The molecule has 1 aromatic heterocycles. The van der Waals surface area contributed by atoms with Gasteiger partial charge < -0.3 is 16.8 Å². The lowest BCUT2D eigenvalue weighted by atomic mass is 10.0. The van der Waals surface area contributed by atoms with Crippen molar-refractivity contribution < 1.29 is 9.59 Å². The average molecular weight is 307 g/mol. The summed E-state index contributed by atoms with van der Waals surface area (Å²) in [6.45, 7) is 2.63. The smallest absolute Gasteiger partial charge is 0.253 e. The third kappa shape index (κ3) is 2.52. The van der Waals surface area contributed by atoms with Crippen LogP contribution in [0.15, 0.2) is 0 Å². The highest BCUT2D eigenvalue weighted by Crippen LogP contribution is 2.61. The number of ketones is 1. The topological polar surface area (TPSA) is 98.2 Å². The van der Waals surface area contributed by atoms with Crippen molar-refractivity contribution >= 4 is 33.7 Å². The molecule has 2 aliphatic rings. The Balaban J connectivity index is 1.83. The van der Waals surface area contributed by atoms with Gasteiger partial charge in [-0.1, -0.05) is 6.92 Å². The van der Waals surface area contributed by atoms with Gasteiger partial charge in [0, 0.05) is 13.0 Å². The summed E-state index contributed by atoms with van der Waals surface area (Å²) in [4.78, 5) is 24.0. The Morgan fingerprint density at radius 1 is 1.38 bits per heavy atom. The minimum Gasteiger partial charge on any atom is -0.397 e. The van der Waals surface area contributed by atoms with Crippen molar-refractivity contribution in [2.45, 2.75) is 39.0 Å². The van der Waals surface area contributed by atoms with Gasteiger partial charge in [0.15, 0.2) is 5.78 Å². The molecule has 2 aliphatic carbocycles. The first-order valence-electron chi connectivity index (χ1n) is 7.47. The lowest BCUT2D eigenvalue weighted by molar-refractivity contribution is 0.0991. The molecule has 0 bridgehead atoms. The number of nitrogen functional groups attached to an aromatic ring is 1. The minimum atomic E-state index is -0.572. The number of hydrogen-bond donors (Lipinski definition) is 3. The third-order valence-electron chi connectivity index (χ3n) is 4.70. The van der Waals surface area contributed by atoms with Gasteiger partial charge in [0.25, 0.3) is 5.91 Å². The normalized spacial score (nSPS) is 19.3. The monoisotopic (exact) mass is 307 g/mol. The number of rotatable bonds is 7. The van der Waals surface area contributed by atoms with E-state index >= 15 is 0 Å². The average Bonchev–Trinajstić information content (AvgIpc) is 3.33. The zero-order valence-electron chi connectivity index (χ0n) is 12.2. The molecule has 6 heteroatoms. The maximum absolute atomic E-state index is 11.9. The van der Waals surface area contributed by atoms with Gasteiger partial charge in [0.05, 0.1) is 16.1 Å². The molecule has 0 spiro atoms. The Kier molecular flexibility index (Phi) is 3.43. The molecule has 0 atom stereocenters. The number of Topliss-reactive ketones (excluding diaryl/α,β-unsaturated/α-hetero) is 1. The Hall–Kier alpha value is -1.56. The Morgan fingerprint density at radius 3 is 2.52 bits per heavy atom. The van der Waals surface area contributed by atoms with E-state index in [0.29, 0.717) is 21.7 Å². The van der Waals surface area contributed by atoms with Gasteiger partial charge in [0.2, 0.25) is 0 Å². The molecule has 0 unspecified atom stereocenters. The molecular formula is C15H21N3O2S. The van der Waals surface area contributed by atoms with E-state index in [4.69, 9.17) is 11.5 Å². The highest BCUT2D eigenvalue weighted by atomic mass is 32.1. The Labute approximate surface area is 128 Å². The first-order chi connectivity index (χ1) is 9.98. The summed E-state index contributed by atoms with van der Waals surface area (Å²) in [6, 6.07) is 0. The van der Waals surface area contributed by atoms with Crippen LogP contribution in [0, 0.1) is 11.3 Å². The summed E-state index contributed by atoms with van der Waals surface area (Å²) in [7, 11) is 0. The molecule has 5 N–H and O–H groups in total. The van der Waals surface area contributed by atoms with Crippen LogP contribution in [0.1, 0.15) is 59.1 Å². The van der Waals surface area contributed by atoms with Crippen molar-refractivity contribution in [3.05, 3.63) is 10.4 Å². The molecule has 3 rings (SSSR count). The van der Waals surface area contributed by atoms with E-state index in [1.165, 1.54) is 37.0 Å². The Bertz CT molecular complexity index is 600. The van der Waals surface area contributed by atoms with Crippen LogP contribution in [0.3, 0.4) is 0 Å². The molecule has 0 aromatic carbocycles. The van der Waals surface area contributed by atoms with E-state index < -0.39 is 5.91 Å². The third-order valence-corrected chi connectivity index (χ3v) is 5.91. The van der Waals surface area contributed by atoms with Crippen LogP contribution in [-0.4, -0.2) is 18.2 Å². The summed E-state index contributed by atoms with van der Waals surface area (Å²) in [6.07, 6.45) is 5.50. The van der Waals surface area contributed by atoms with Crippen molar-refractivity contribution in [2.24, 2.45) is 17.1 Å². The van der Waals surface area contributed by atoms with Gasteiger partial charge in [-0.05, 0) is 37.0 Å². The number of primary amides is 1. The molecular weight excluding hydrogens is 286 g/mol. The van der Waals surface area contributed by atoms with Crippen LogP contribution in [0.25, 0.3) is 0 Å². The van der Waals surface area contributed by atoms with Gasteiger partial charge in [-0.25, -0.2) is 0 Å². The summed E-state index contributed by atoms with van der Waals surface area (Å²) in [5.41, 5.74) is 12.3. The minimum absolute atomic E-state index is 0.0450. The second-order valence-electron chi connectivity index (χ2n) is 6.18. The molecule has 1 amide bonds. The van der Waals surface area contributed by atoms with Crippen molar-refractivity contribution in [1.29, 1.82) is 0 Å². The zero-order chi connectivity index (χ0) is 15.2. The van der Waals surface area contributed by atoms with Crippen molar-refractivity contribution in [1.82, 2.24) is 0 Å². The van der Waals surface area contributed by atoms with E-state index in [1.54, 1.807) is 6.92 Å². The number of nitrogens with two attached hydrogens (primary N) is 2. The highest BCUT2D eigenvalue weighted by Gasteiger charge is 2.53. The SMILES string of the molecule is CCC(=O)c1sc(NCC2(C3CC3)CC2)c(C(N)=O)c1N. The second-order valence-corrected chi connectivity index (χ2v) is 7.20. The van der Waals surface area contributed by atoms with Crippen LogP contribution < -0.4 is 16.8 Å². The summed E-state index contributed by atoms with van der Waals surface area (Å²) >= 11 is 1.26. The number of hydrogen-bond acceptors (Lipinski definition) is 5. The maximum Gasteiger partial charge on any atom is 0.253 e. The Morgan fingerprint density at radius 2 is 2.05 bits per heavy atom. The van der Waals surface area contributed by atoms with E-state index in [-0.39, 0.29) is 17.0 Å². The lowest BCUT2D eigenvalue weighted by Gasteiger charge is -2.15. The predicted octanol–water partition coefficient (Wildman–Crippen LogP) is 2.62. The van der Waals surface area contributed by atoms with Crippen molar-refractivity contribution in [3.63, 3.8) is 0 Å². The fourth-order valence-electron chi connectivity index (χ4n) is 3.02. The lowest BCUT2D eigenvalue weighted by Crippen LogP contribution is -2.20. The number of amides is 1. The number of carbonyl (C=O) groups excluding carboxylic acids is 2. The van der Waals surface area contributed by atoms with Gasteiger partial charge in [-0.2, -0.15) is 0 Å². The van der Waals surface area contributed by atoms with E-state index in [9.17, 15) is 9.59 Å². The molecule has 0 radical (unpaired) electrons. The van der Waals surface area contributed by atoms with Crippen molar-refractivity contribution in [3.8, 4) is 0 Å². The number of carbonyl (C=O) groups is 2. The fourth-order valence-corrected chi connectivity index (χ4v) is 4.15. The first kappa shape index (κ1) is 14.4. The van der Waals surface area contributed by atoms with E-state index in [0.717, 1.165) is 12.5 Å². The molecule has 21 heavy (non-hydrogen) atoms. The van der Waals surface area contributed by atoms with Gasteiger partial charge in [-0.15, -0.1) is 11.3 Å². The van der Waals surface area contributed by atoms with Gasteiger partial charge >= 0.3 is 0 Å². The molecule has 1 heterocycles. The first-order valence-corrected chi connectivity index (χ1v) is 8.29. The van der Waals surface area contributed by atoms with Crippen LogP contribution in [0.2, 0.25) is 0 Å². The van der Waals surface area contributed by atoms with Crippen molar-refractivity contribution in [2.75, 3.05) is 17.6 Å². The van der Waals surface area contributed by atoms with E-state index in [2.05, 4.69) is 5.32 Å². The molecule has 0 saturated heterocycles. The van der Waals surface area contributed by atoms with Crippen LogP contribution in [0.5, 0.6) is 0 Å². The predicted molar refractivity (Wildman–Crippen MR) is 84.8 cm³/mol. The highest BCUT2D eigenvalue weighted by molar-refractivity contribution is 7.19. The summed E-state index contributed by atoms with van der Waals surface area (Å²) < 4.78 is 0. The van der Waals surface area contributed by atoms with Crippen LogP contribution in [0.4, 0.5) is 10.7 Å². The molecule has 5 nitrogen and oxygen atoms in total. The quantitative estimate of drug-likeness (QED) is 0.674. The number of thiophene rings is 1. The molecule has 2 saturated carbocycles. The maximum atomic E-state index is 11.9. The van der Waals surface area contributed by atoms with Gasteiger partial charge in [0.1, 0.15) is 5.00 Å². The van der Waals surface area contributed by atoms with E-state index in [1.807, 2.05) is 0 Å². The molecule has 114 valence electrons. The van der Waals surface area contributed by atoms with Crippen LogP contribution in [-0.2, 0) is 0 Å². The standard InChI is InChI=1S/C15H21N3O2S/c1-2-9(19)12-11(16)10(13(17)20)14(21-12)18-7-15(5-6-15)8-3-4-8/h8,18H,2-7,16H2,1H3,(H2,17,20). The zero-order valence-corrected chi connectivity index (χ0v) is 13.0. The summed E-state index contributed by atoms with van der Waals surface area (Å²) in [5.74, 6) is 0.213. The van der Waals surface area contributed by atoms with Gasteiger partial charge in [-0.3, -0.25) is 9.59 Å². The molecule has 0 aliphatic heterocycles.